The van der Waals surface area contributed by atoms with Crippen LogP contribution in [0.1, 0.15) is 39.2 Å². The molecule has 42 heavy (non-hydrogen) atoms. The quantitative estimate of drug-likeness (QED) is 0.216. The van der Waals surface area contributed by atoms with Gasteiger partial charge >= 0.3 is 5.97 Å². The number of nitrogens with one attached hydrogen (secondary N) is 1. The normalized spacial score (nSPS) is 15.1. The Balaban J connectivity index is 1.23. The molecule has 0 bridgehead atoms. The number of rotatable bonds is 11. The molecule has 2 aromatic heterocycles. The number of carboxylic acid groups (broad SMARTS) is 1. The highest BCUT2D eigenvalue weighted by molar-refractivity contribution is 5.80. The van der Waals surface area contributed by atoms with Gasteiger partial charge in [-0.15, -0.1) is 0 Å². The lowest BCUT2D eigenvalue weighted by molar-refractivity contribution is -0.142. The predicted octanol–water partition coefficient (Wildman–Crippen LogP) is 6.22. The van der Waals surface area contributed by atoms with Crippen molar-refractivity contribution in [2.75, 3.05) is 29.9 Å². The van der Waals surface area contributed by atoms with E-state index in [-0.39, 0.29) is 6.10 Å². The third kappa shape index (κ3) is 6.88. The van der Waals surface area contributed by atoms with Crippen molar-refractivity contribution in [1.29, 1.82) is 0 Å². The molecule has 1 aliphatic rings. The minimum atomic E-state index is -0.993. The Morgan fingerprint density at radius 3 is 2.55 bits per heavy atom. The maximum atomic E-state index is 11.5. The fourth-order valence-corrected chi connectivity index (χ4v) is 4.67. The van der Waals surface area contributed by atoms with Crippen molar-refractivity contribution >= 4 is 23.4 Å². The van der Waals surface area contributed by atoms with Crippen LogP contribution in [-0.2, 0) is 10.2 Å². The van der Waals surface area contributed by atoms with Crippen LogP contribution < -0.4 is 24.4 Å². The summed E-state index contributed by atoms with van der Waals surface area (Å²) in [6.07, 6.45) is 5.32. The molecule has 1 atom stereocenters. The number of aliphatic carboxylic acids is 1. The van der Waals surface area contributed by atoms with Gasteiger partial charge in [-0.2, -0.15) is 4.98 Å². The Kier molecular flexibility index (Phi) is 8.71. The van der Waals surface area contributed by atoms with E-state index in [1.807, 2.05) is 43.3 Å². The summed E-state index contributed by atoms with van der Waals surface area (Å²) < 4.78 is 18.0. The molecule has 3 heterocycles. The molecule has 0 aliphatic carbocycles. The molecule has 1 aliphatic heterocycles. The van der Waals surface area contributed by atoms with Gasteiger partial charge in [-0.3, -0.25) is 9.78 Å². The van der Waals surface area contributed by atoms with E-state index >= 15 is 0 Å². The van der Waals surface area contributed by atoms with Crippen LogP contribution in [0.2, 0.25) is 0 Å². The number of ether oxygens (including phenoxy) is 3. The minimum Gasteiger partial charge on any atom is -0.490 e. The van der Waals surface area contributed by atoms with Crippen molar-refractivity contribution in [2.24, 2.45) is 0 Å². The zero-order valence-electron chi connectivity index (χ0n) is 24.0. The Bertz CT molecular complexity index is 1510. The van der Waals surface area contributed by atoms with Gasteiger partial charge in [0.25, 0.3) is 0 Å². The van der Waals surface area contributed by atoms with Crippen LogP contribution in [-0.4, -0.2) is 51.8 Å². The summed E-state index contributed by atoms with van der Waals surface area (Å²) in [5, 5.41) is 12.7. The van der Waals surface area contributed by atoms with Crippen molar-refractivity contribution in [3.05, 3.63) is 84.7 Å². The first-order chi connectivity index (χ1) is 20.3. The van der Waals surface area contributed by atoms with Crippen LogP contribution in [0.3, 0.4) is 0 Å². The highest BCUT2D eigenvalue weighted by Crippen LogP contribution is 2.31. The summed E-state index contributed by atoms with van der Waals surface area (Å²) in [4.78, 5) is 27.5. The molecule has 0 amide bonds. The molecule has 0 radical (unpaired) electrons. The number of para-hydroxylation sites is 2. The summed E-state index contributed by atoms with van der Waals surface area (Å²) in [6.45, 7) is 7.41. The van der Waals surface area contributed by atoms with Crippen LogP contribution in [0.5, 0.6) is 23.1 Å². The molecule has 1 fully saturated rings. The summed E-state index contributed by atoms with van der Waals surface area (Å²) in [7, 11) is 0. The van der Waals surface area contributed by atoms with E-state index in [0.717, 1.165) is 36.7 Å². The smallest absolute Gasteiger partial charge is 0.313 e. The number of carboxylic acids is 1. The van der Waals surface area contributed by atoms with Crippen LogP contribution >= 0.6 is 0 Å². The SMILES string of the molecule is CCOc1ccccc1OC1CCCN(c2cncc(Nc3cccc(Oc4ccc(C(C)(C)C(=O)O)cc4)n3)n2)C1. The number of pyridine rings is 1. The number of anilines is 3. The minimum absolute atomic E-state index is 0.00136. The molecule has 4 aromatic rings. The molecule has 2 aromatic carbocycles. The van der Waals surface area contributed by atoms with Gasteiger partial charge in [-0.25, -0.2) is 4.98 Å². The van der Waals surface area contributed by atoms with Gasteiger partial charge in [-0.05, 0) is 69.5 Å². The molecular formula is C32H35N5O5. The van der Waals surface area contributed by atoms with Crippen molar-refractivity contribution in [3.63, 3.8) is 0 Å². The second-order valence-electron chi connectivity index (χ2n) is 10.5. The molecule has 10 heteroatoms. The maximum absolute atomic E-state index is 11.5. The van der Waals surface area contributed by atoms with Crippen molar-refractivity contribution < 1.29 is 24.1 Å². The van der Waals surface area contributed by atoms with Crippen LogP contribution in [0.15, 0.2) is 79.1 Å². The third-order valence-corrected chi connectivity index (χ3v) is 7.08. The molecule has 0 spiro atoms. The summed E-state index contributed by atoms with van der Waals surface area (Å²) in [6, 6.07) is 20.1. The van der Waals surface area contributed by atoms with Crippen LogP contribution in [0, 0.1) is 0 Å². The van der Waals surface area contributed by atoms with E-state index in [1.54, 1.807) is 56.6 Å². The lowest BCUT2D eigenvalue weighted by Crippen LogP contribution is -2.41. The van der Waals surface area contributed by atoms with Crippen molar-refractivity contribution in [3.8, 4) is 23.1 Å². The molecule has 1 saturated heterocycles. The van der Waals surface area contributed by atoms with Gasteiger partial charge in [0.1, 0.15) is 23.5 Å². The summed E-state index contributed by atoms with van der Waals surface area (Å²) in [5.41, 5.74) is -0.307. The molecule has 10 nitrogen and oxygen atoms in total. The maximum Gasteiger partial charge on any atom is 0.313 e. The predicted molar refractivity (Wildman–Crippen MR) is 160 cm³/mol. The average molecular weight is 570 g/mol. The topological polar surface area (TPSA) is 119 Å². The molecule has 218 valence electrons. The standard InChI is InChI=1S/C32H35N5O5/c1-4-40-25-10-5-6-11-26(25)41-24-9-8-18-37(21-24)29-20-33-19-28(35-29)34-27-12-7-13-30(36-27)42-23-16-14-22(15-17-23)32(2,3)31(38)39/h5-7,10-17,19-20,24H,4,8-9,18,21H2,1-3H3,(H,38,39)(H,34,35,36). The van der Waals surface area contributed by atoms with Gasteiger partial charge < -0.3 is 29.5 Å². The number of benzene rings is 2. The monoisotopic (exact) mass is 569 g/mol. The Morgan fingerprint density at radius 1 is 1.00 bits per heavy atom. The van der Waals surface area contributed by atoms with Crippen LogP contribution in [0.25, 0.3) is 0 Å². The number of aromatic nitrogens is 3. The average Bonchev–Trinajstić information content (AvgIpc) is 2.99. The Labute approximate surface area is 245 Å². The molecule has 1 unspecified atom stereocenters. The van der Waals surface area contributed by atoms with E-state index in [9.17, 15) is 9.90 Å². The molecule has 0 saturated carbocycles. The zero-order chi connectivity index (χ0) is 29.5. The highest BCUT2D eigenvalue weighted by Gasteiger charge is 2.29. The van der Waals surface area contributed by atoms with Crippen molar-refractivity contribution in [2.45, 2.75) is 45.1 Å². The van der Waals surface area contributed by atoms with Gasteiger partial charge in [0.05, 0.1) is 31.0 Å². The molecular weight excluding hydrogens is 534 g/mol. The van der Waals surface area contributed by atoms with E-state index in [2.05, 4.69) is 20.2 Å². The fraction of sp³-hybridized carbons (Fsp3) is 0.312. The van der Waals surface area contributed by atoms with Gasteiger partial charge in [0.15, 0.2) is 17.3 Å². The number of piperidine rings is 1. The van der Waals surface area contributed by atoms with Crippen LogP contribution in [0.4, 0.5) is 17.5 Å². The lowest BCUT2D eigenvalue weighted by Gasteiger charge is -2.33. The largest absolute Gasteiger partial charge is 0.490 e. The fourth-order valence-electron chi connectivity index (χ4n) is 4.67. The molecule has 2 N–H and O–H groups in total. The Hall–Kier alpha value is -4.86. The lowest BCUT2D eigenvalue weighted by atomic mass is 9.85. The van der Waals surface area contributed by atoms with Gasteiger partial charge in [-0.1, -0.05) is 30.3 Å². The van der Waals surface area contributed by atoms with Gasteiger partial charge in [0, 0.05) is 12.6 Å². The van der Waals surface area contributed by atoms with Crippen molar-refractivity contribution in [1.82, 2.24) is 15.0 Å². The summed E-state index contributed by atoms with van der Waals surface area (Å²) in [5.74, 6) is 3.41. The first-order valence-electron chi connectivity index (χ1n) is 14.0. The van der Waals surface area contributed by atoms with E-state index in [1.165, 1.54) is 0 Å². The second kappa shape index (κ2) is 12.8. The first-order valence-corrected chi connectivity index (χ1v) is 14.0. The Morgan fingerprint density at radius 2 is 1.79 bits per heavy atom. The highest BCUT2D eigenvalue weighted by atomic mass is 16.5. The summed E-state index contributed by atoms with van der Waals surface area (Å²) >= 11 is 0. The number of hydrogen-bond acceptors (Lipinski definition) is 9. The number of hydrogen-bond donors (Lipinski definition) is 2. The van der Waals surface area contributed by atoms with E-state index in [4.69, 9.17) is 19.2 Å². The molecule has 5 rings (SSSR count). The number of carbonyl (C=O) groups is 1. The van der Waals surface area contributed by atoms with Gasteiger partial charge in [0.2, 0.25) is 5.88 Å². The van der Waals surface area contributed by atoms with E-state index < -0.39 is 11.4 Å². The number of nitrogens with zero attached hydrogens (tertiary/aromatic N) is 4. The third-order valence-electron chi connectivity index (χ3n) is 7.08. The second-order valence-corrected chi connectivity index (χ2v) is 10.5. The first kappa shape index (κ1) is 28.7. The van der Waals surface area contributed by atoms with E-state index in [0.29, 0.717) is 42.0 Å². The zero-order valence-corrected chi connectivity index (χ0v) is 24.0.